The number of ether oxygens (including phenoxy) is 1. The number of rotatable bonds is 3. The molecule has 1 N–H and O–H groups in total. The van der Waals surface area contributed by atoms with E-state index in [0.717, 1.165) is 24.2 Å². The zero-order chi connectivity index (χ0) is 24.9. The number of aromatic nitrogens is 4. The first kappa shape index (κ1) is 31.5. The van der Waals surface area contributed by atoms with Crippen molar-refractivity contribution in [2.45, 2.75) is 33.6 Å². The van der Waals surface area contributed by atoms with Crippen LogP contribution in [0.5, 0.6) is 5.88 Å². The van der Waals surface area contributed by atoms with Crippen LogP contribution in [-0.4, -0.2) is 54.2 Å². The molecule has 0 spiro atoms. The summed E-state index contributed by atoms with van der Waals surface area (Å²) in [6.07, 6.45) is 25.5. The molecule has 3 heterocycles. The Kier molecular flexibility index (Phi) is 19.9. The standard InChI is InChI=1S/C11H15N3.C5H5BrN2O.C2H7N.C2H6.2C2H2/c1-2-8-4-12-11(13-5-8)14-6-9-3-10(9)7-14;1-9-5-3-7-4(6)2-8-5;1-3-2;3*1-2/h4-5,9-10H,2-3,6-7H2,1H3;2-3H,1H3;3H,1-2H3;1-2H3;2*1-2H. The molecular weight excluding hydrogens is 468 g/mol. The smallest absolute Gasteiger partial charge is 0.232 e. The maximum atomic E-state index is 4.77. The number of piperidine rings is 1. The summed E-state index contributed by atoms with van der Waals surface area (Å²) in [6.45, 7) is 8.48. The molecule has 0 amide bonds. The topological polar surface area (TPSA) is 76.1 Å². The Morgan fingerprint density at radius 3 is 1.84 bits per heavy atom. The summed E-state index contributed by atoms with van der Waals surface area (Å²) in [4.78, 5) is 18.9. The van der Waals surface area contributed by atoms with E-state index < -0.39 is 0 Å². The second-order valence-corrected chi connectivity index (χ2v) is 7.10. The lowest BCUT2D eigenvalue weighted by molar-refractivity contribution is 0.395. The molecule has 176 valence electrons. The van der Waals surface area contributed by atoms with E-state index in [1.54, 1.807) is 19.5 Å². The summed E-state index contributed by atoms with van der Waals surface area (Å²) < 4.78 is 5.49. The molecule has 2 atom stereocenters. The average Bonchev–Trinajstić information content (AvgIpc) is 3.49. The van der Waals surface area contributed by atoms with Crippen molar-refractivity contribution >= 4 is 21.9 Å². The maximum absolute atomic E-state index is 4.77. The molecule has 1 saturated carbocycles. The lowest BCUT2D eigenvalue weighted by Gasteiger charge is -2.17. The van der Waals surface area contributed by atoms with Gasteiger partial charge in [0.2, 0.25) is 11.8 Å². The van der Waals surface area contributed by atoms with Crippen LogP contribution >= 0.6 is 15.9 Å². The van der Waals surface area contributed by atoms with E-state index in [1.807, 2.05) is 40.3 Å². The predicted molar refractivity (Wildman–Crippen MR) is 138 cm³/mol. The van der Waals surface area contributed by atoms with Crippen LogP contribution in [0, 0.1) is 37.5 Å². The van der Waals surface area contributed by atoms with Crippen LogP contribution in [0.3, 0.4) is 0 Å². The minimum atomic E-state index is 0.526. The molecule has 2 aromatic rings. The SMILES string of the molecule is C#C.C#C.CC.CCc1cnc(N2CC3CC3C2)nc1.CNC.COc1cnc(Br)cn1. The minimum absolute atomic E-state index is 0.526. The molecule has 1 aliphatic carbocycles. The van der Waals surface area contributed by atoms with Gasteiger partial charge in [0.1, 0.15) is 4.60 Å². The molecule has 32 heavy (non-hydrogen) atoms. The van der Waals surface area contributed by atoms with Gasteiger partial charge in [0, 0.05) is 25.5 Å². The quantitative estimate of drug-likeness (QED) is 0.630. The highest BCUT2D eigenvalue weighted by molar-refractivity contribution is 9.10. The van der Waals surface area contributed by atoms with Gasteiger partial charge in [0.15, 0.2) is 0 Å². The van der Waals surface area contributed by atoms with Crippen LogP contribution in [0.2, 0.25) is 0 Å². The molecule has 1 aliphatic heterocycles. The zero-order valence-electron chi connectivity index (χ0n) is 20.1. The number of hydrogen-bond acceptors (Lipinski definition) is 7. The maximum Gasteiger partial charge on any atom is 0.232 e. The van der Waals surface area contributed by atoms with Gasteiger partial charge in [-0.3, -0.25) is 0 Å². The molecule has 1 saturated heterocycles. The fourth-order valence-electron chi connectivity index (χ4n) is 2.66. The van der Waals surface area contributed by atoms with Gasteiger partial charge in [-0.1, -0.05) is 20.8 Å². The van der Waals surface area contributed by atoms with Crippen molar-refractivity contribution in [1.29, 1.82) is 0 Å². The summed E-state index contributed by atoms with van der Waals surface area (Å²) >= 11 is 3.15. The molecule has 8 heteroatoms. The molecule has 2 aliphatic rings. The number of anilines is 1. The Morgan fingerprint density at radius 2 is 1.47 bits per heavy atom. The number of nitrogens with zero attached hydrogens (tertiary/aromatic N) is 5. The first-order valence-corrected chi connectivity index (χ1v) is 11.2. The van der Waals surface area contributed by atoms with E-state index >= 15 is 0 Å². The van der Waals surface area contributed by atoms with Crippen molar-refractivity contribution in [3.8, 4) is 31.6 Å². The monoisotopic (exact) mass is 504 g/mol. The Balaban J connectivity index is 0. The van der Waals surface area contributed by atoms with Gasteiger partial charge in [-0.15, -0.1) is 25.7 Å². The van der Waals surface area contributed by atoms with E-state index in [9.17, 15) is 0 Å². The van der Waals surface area contributed by atoms with Crippen LogP contribution in [0.1, 0.15) is 32.8 Å². The van der Waals surface area contributed by atoms with Crippen molar-refractivity contribution in [1.82, 2.24) is 25.3 Å². The minimum Gasteiger partial charge on any atom is -0.480 e. The molecule has 2 aromatic heterocycles. The fraction of sp³-hybridized carbons (Fsp3) is 0.500. The number of terminal acetylenes is 2. The third-order valence-electron chi connectivity index (χ3n) is 4.17. The molecule has 0 bridgehead atoms. The van der Waals surface area contributed by atoms with Crippen LogP contribution in [0.15, 0.2) is 29.4 Å². The Hall–Kier alpha value is -2.68. The Morgan fingerprint density at radius 1 is 0.969 bits per heavy atom. The van der Waals surface area contributed by atoms with Crippen molar-refractivity contribution in [2.24, 2.45) is 11.8 Å². The highest BCUT2D eigenvalue weighted by Crippen LogP contribution is 2.45. The fourth-order valence-corrected chi connectivity index (χ4v) is 2.87. The van der Waals surface area contributed by atoms with E-state index in [1.165, 1.54) is 25.1 Å². The van der Waals surface area contributed by atoms with Gasteiger partial charge in [0.05, 0.1) is 19.5 Å². The summed E-state index contributed by atoms with van der Waals surface area (Å²) in [5.74, 6) is 3.35. The number of methoxy groups -OCH3 is 1. The molecule has 2 unspecified atom stereocenters. The first-order valence-electron chi connectivity index (χ1n) is 10.4. The van der Waals surface area contributed by atoms with Crippen LogP contribution in [0.4, 0.5) is 5.95 Å². The van der Waals surface area contributed by atoms with E-state index in [0.29, 0.717) is 10.5 Å². The second-order valence-electron chi connectivity index (χ2n) is 6.29. The summed E-state index contributed by atoms with van der Waals surface area (Å²) in [5.41, 5.74) is 1.22. The van der Waals surface area contributed by atoms with Gasteiger partial charge in [0.25, 0.3) is 0 Å². The number of nitrogens with one attached hydrogen (secondary N) is 1. The van der Waals surface area contributed by atoms with Crippen molar-refractivity contribution in [2.75, 3.05) is 39.2 Å². The Bertz CT molecular complexity index is 718. The third-order valence-corrected chi connectivity index (χ3v) is 4.58. The zero-order valence-corrected chi connectivity index (χ0v) is 21.7. The van der Waals surface area contributed by atoms with E-state index in [4.69, 9.17) is 4.74 Å². The number of halogens is 1. The lowest BCUT2D eigenvalue weighted by Crippen LogP contribution is -2.23. The number of fused-ring (bicyclic) bond motifs is 1. The number of aryl methyl sites for hydroxylation is 1. The van der Waals surface area contributed by atoms with Gasteiger partial charge >= 0.3 is 0 Å². The highest BCUT2D eigenvalue weighted by atomic mass is 79.9. The van der Waals surface area contributed by atoms with Crippen LogP contribution in [-0.2, 0) is 6.42 Å². The molecule has 4 rings (SSSR count). The molecule has 2 fully saturated rings. The summed E-state index contributed by atoms with van der Waals surface area (Å²) in [6, 6.07) is 0. The second kappa shape index (κ2) is 20.2. The van der Waals surface area contributed by atoms with Gasteiger partial charge in [-0.2, -0.15) is 0 Å². The van der Waals surface area contributed by atoms with Gasteiger partial charge < -0.3 is 15.0 Å². The van der Waals surface area contributed by atoms with Crippen molar-refractivity contribution in [3.63, 3.8) is 0 Å². The predicted octanol–water partition coefficient (Wildman–Crippen LogP) is 4.10. The third kappa shape index (κ3) is 12.2. The average molecular weight is 506 g/mol. The molecule has 7 nitrogen and oxygen atoms in total. The molecule has 0 radical (unpaired) electrons. The largest absolute Gasteiger partial charge is 0.480 e. The molecular formula is C24H37BrN6O. The van der Waals surface area contributed by atoms with Gasteiger partial charge in [-0.05, 0) is 60.3 Å². The molecule has 0 aromatic carbocycles. The van der Waals surface area contributed by atoms with Crippen LogP contribution in [0.25, 0.3) is 0 Å². The highest BCUT2D eigenvalue weighted by Gasteiger charge is 2.45. The number of hydrogen-bond donors (Lipinski definition) is 1. The van der Waals surface area contributed by atoms with E-state index in [-0.39, 0.29) is 0 Å². The van der Waals surface area contributed by atoms with Gasteiger partial charge in [-0.25, -0.2) is 19.9 Å². The van der Waals surface area contributed by atoms with Crippen LogP contribution < -0.4 is 15.0 Å². The Labute approximate surface area is 203 Å². The summed E-state index contributed by atoms with van der Waals surface area (Å²) in [7, 11) is 5.30. The first-order chi connectivity index (χ1) is 15.6. The summed E-state index contributed by atoms with van der Waals surface area (Å²) in [5, 5.41) is 2.75. The van der Waals surface area contributed by atoms with E-state index in [2.05, 4.69) is 78.7 Å². The lowest BCUT2D eigenvalue weighted by atomic mass is 10.3. The normalized spacial score (nSPS) is 16.2. The van der Waals surface area contributed by atoms with Crippen molar-refractivity contribution in [3.05, 3.63) is 35.0 Å². The van der Waals surface area contributed by atoms with Crippen molar-refractivity contribution < 1.29 is 4.74 Å².